The van der Waals surface area contributed by atoms with Crippen molar-refractivity contribution in [3.8, 4) is 11.5 Å². The van der Waals surface area contributed by atoms with Gasteiger partial charge < -0.3 is 20.1 Å². The molecule has 0 aliphatic heterocycles. The van der Waals surface area contributed by atoms with Gasteiger partial charge in [0.2, 0.25) is 5.91 Å². The topological polar surface area (TPSA) is 76.7 Å². The molecule has 1 saturated carbocycles. The predicted molar refractivity (Wildman–Crippen MR) is 121 cm³/mol. The first-order chi connectivity index (χ1) is 15.5. The van der Waals surface area contributed by atoms with E-state index in [2.05, 4.69) is 10.6 Å². The molecule has 2 N–H and O–H groups in total. The lowest BCUT2D eigenvalue weighted by Gasteiger charge is -2.30. The number of carbonyl (C=O) groups is 2. The third-order valence-electron chi connectivity index (χ3n) is 5.86. The molecule has 0 saturated heterocycles. The van der Waals surface area contributed by atoms with Gasteiger partial charge in [-0.3, -0.25) is 9.59 Å². The van der Waals surface area contributed by atoms with Crippen LogP contribution in [-0.4, -0.2) is 38.1 Å². The quantitative estimate of drug-likeness (QED) is 0.584. The molecule has 0 spiro atoms. The molecule has 2 amide bonds. The summed E-state index contributed by atoms with van der Waals surface area (Å²) in [5, 5.41) is 5.61. The molecule has 1 fully saturated rings. The maximum absolute atomic E-state index is 13.3. The fourth-order valence-corrected chi connectivity index (χ4v) is 4.21. The Hall–Kier alpha value is -3.09. The van der Waals surface area contributed by atoms with E-state index in [4.69, 9.17) is 9.47 Å². The molecule has 0 radical (unpaired) electrons. The van der Waals surface area contributed by atoms with Crippen molar-refractivity contribution in [2.45, 2.75) is 44.9 Å². The first-order valence-electron chi connectivity index (χ1n) is 11.2. The van der Waals surface area contributed by atoms with Crippen molar-refractivity contribution in [2.75, 3.05) is 26.3 Å². The van der Waals surface area contributed by atoms with E-state index in [1.165, 1.54) is 12.1 Å². The molecule has 1 aliphatic carbocycles. The lowest BCUT2D eigenvalue weighted by atomic mass is 9.79. The van der Waals surface area contributed by atoms with Gasteiger partial charge in [0.25, 0.3) is 5.91 Å². The van der Waals surface area contributed by atoms with E-state index in [0.717, 1.165) is 31.2 Å². The van der Waals surface area contributed by atoms with Gasteiger partial charge in [-0.1, -0.05) is 25.0 Å². The number of halogens is 1. The summed E-state index contributed by atoms with van der Waals surface area (Å²) < 4.78 is 24.4. The normalized spacial score (nSPS) is 14.6. The number of carbonyl (C=O) groups excluding carboxylic acids is 2. The van der Waals surface area contributed by atoms with Crippen molar-refractivity contribution >= 4 is 11.8 Å². The van der Waals surface area contributed by atoms with Crippen molar-refractivity contribution < 1.29 is 23.5 Å². The SMILES string of the molecule is CCOc1ccc(C(=O)NCC(=O)NCC2(c3ccc(F)cc3)CCCC2)cc1OCC. The van der Waals surface area contributed by atoms with Gasteiger partial charge in [-0.2, -0.15) is 0 Å². The molecule has 0 bridgehead atoms. The van der Waals surface area contributed by atoms with Gasteiger partial charge in [-0.25, -0.2) is 4.39 Å². The maximum Gasteiger partial charge on any atom is 0.251 e. The van der Waals surface area contributed by atoms with Crippen LogP contribution in [-0.2, 0) is 10.2 Å². The van der Waals surface area contributed by atoms with E-state index >= 15 is 0 Å². The summed E-state index contributed by atoms with van der Waals surface area (Å²) in [6.07, 6.45) is 4.03. The van der Waals surface area contributed by atoms with Crippen LogP contribution in [0.15, 0.2) is 42.5 Å². The smallest absolute Gasteiger partial charge is 0.251 e. The molecule has 32 heavy (non-hydrogen) atoms. The van der Waals surface area contributed by atoms with Crippen molar-refractivity contribution in [2.24, 2.45) is 0 Å². The Morgan fingerprint density at radius 3 is 2.25 bits per heavy atom. The van der Waals surface area contributed by atoms with Crippen molar-refractivity contribution in [1.82, 2.24) is 10.6 Å². The number of amides is 2. The number of nitrogens with one attached hydrogen (secondary N) is 2. The molecule has 3 rings (SSSR count). The Morgan fingerprint density at radius 2 is 1.59 bits per heavy atom. The van der Waals surface area contributed by atoms with Crippen LogP contribution in [0.2, 0.25) is 0 Å². The highest BCUT2D eigenvalue weighted by Crippen LogP contribution is 2.40. The third kappa shape index (κ3) is 5.78. The molecule has 0 unspecified atom stereocenters. The molecule has 1 aliphatic rings. The van der Waals surface area contributed by atoms with E-state index in [-0.39, 0.29) is 29.6 Å². The number of benzene rings is 2. The molecule has 2 aromatic carbocycles. The van der Waals surface area contributed by atoms with Gasteiger partial charge in [0.1, 0.15) is 5.82 Å². The highest BCUT2D eigenvalue weighted by Gasteiger charge is 2.35. The Labute approximate surface area is 188 Å². The van der Waals surface area contributed by atoms with Crippen LogP contribution in [0.3, 0.4) is 0 Å². The van der Waals surface area contributed by atoms with Crippen LogP contribution in [0, 0.1) is 5.82 Å². The lowest BCUT2D eigenvalue weighted by Crippen LogP contribution is -2.43. The second-order valence-corrected chi connectivity index (χ2v) is 7.98. The molecule has 0 aromatic heterocycles. The minimum Gasteiger partial charge on any atom is -0.490 e. The van der Waals surface area contributed by atoms with Crippen LogP contribution in [0.1, 0.15) is 55.5 Å². The molecule has 7 heteroatoms. The minimum atomic E-state index is -0.363. The zero-order valence-corrected chi connectivity index (χ0v) is 18.7. The largest absolute Gasteiger partial charge is 0.490 e. The summed E-state index contributed by atoms with van der Waals surface area (Å²) >= 11 is 0. The van der Waals surface area contributed by atoms with Gasteiger partial charge in [0.15, 0.2) is 11.5 Å². The molecule has 2 aromatic rings. The van der Waals surface area contributed by atoms with Gasteiger partial charge >= 0.3 is 0 Å². The molecule has 6 nitrogen and oxygen atoms in total. The summed E-state index contributed by atoms with van der Waals surface area (Å²) in [7, 11) is 0. The number of hydrogen-bond donors (Lipinski definition) is 2. The first kappa shape index (κ1) is 23.6. The Bertz CT molecular complexity index is 924. The summed E-state index contributed by atoms with van der Waals surface area (Å²) in [6.45, 7) is 5.01. The van der Waals surface area contributed by atoms with Crippen LogP contribution < -0.4 is 20.1 Å². The van der Waals surface area contributed by atoms with E-state index in [9.17, 15) is 14.0 Å². The molecular formula is C25H31FN2O4. The van der Waals surface area contributed by atoms with E-state index in [1.807, 2.05) is 13.8 Å². The fraction of sp³-hybridized carbons (Fsp3) is 0.440. The monoisotopic (exact) mass is 442 g/mol. The third-order valence-corrected chi connectivity index (χ3v) is 5.86. The minimum absolute atomic E-state index is 0.129. The molecule has 172 valence electrons. The van der Waals surface area contributed by atoms with Crippen LogP contribution in [0.4, 0.5) is 4.39 Å². The predicted octanol–water partition coefficient (Wildman–Crippen LogP) is 3.98. The lowest BCUT2D eigenvalue weighted by molar-refractivity contribution is -0.120. The van der Waals surface area contributed by atoms with Crippen molar-refractivity contribution in [3.05, 3.63) is 59.4 Å². The highest BCUT2D eigenvalue weighted by atomic mass is 19.1. The van der Waals surface area contributed by atoms with Crippen molar-refractivity contribution in [1.29, 1.82) is 0 Å². The Morgan fingerprint density at radius 1 is 0.938 bits per heavy atom. The number of hydrogen-bond acceptors (Lipinski definition) is 4. The van der Waals surface area contributed by atoms with Crippen LogP contribution >= 0.6 is 0 Å². The standard InChI is InChI=1S/C25H31FN2O4/c1-3-31-21-12-7-18(15-22(21)32-4-2)24(30)27-16-23(29)28-17-25(13-5-6-14-25)19-8-10-20(26)11-9-19/h7-12,15H,3-6,13-14,16-17H2,1-2H3,(H,27,30)(H,28,29). The zero-order valence-electron chi connectivity index (χ0n) is 18.7. The fourth-order valence-electron chi connectivity index (χ4n) is 4.21. The Kier molecular flexibility index (Phi) is 8.09. The van der Waals surface area contributed by atoms with Gasteiger partial charge in [0.05, 0.1) is 19.8 Å². The summed E-state index contributed by atoms with van der Waals surface area (Å²) in [4.78, 5) is 25.0. The van der Waals surface area contributed by atoms with Crippen LogP contribution in [0.25, 0.3) is 0 Å². The molecular weight excluding hydrogens is 411 g/mol. The first-order valence-corrected chi connectivity index (χ1v) is 11.2. The number of ether oxygens (including phenoxy) is 2. The second kappa shape index (κ2) is 11.0. The van der Waals surface area contributed by atoms with Crippen LogP contribution in [0.5, 0.6) is 11.5 Å². The van der Waals surface area contributed by atoms with E-state index in [1.54, 1.807) is 30.3 Å². The van der Waals surface area contributed by atoms with Gasteiger partial charge in [-0.15, -0.1) is 0 Å². The van der Waals surface area contributed by atoms with Gasteiger partial charge in [-0.05, 0) is 62.6 Å². The zero-order chi connectivity index (χ0) is 23.0. The average Bonchev–Trinajstić information content (AvgIpc) is 3.28. The van der Waals surface area contributed by atoms with Crippen molar-refractivity contribution in [3.63, 3.8) is 0 Å². The summed E-state index contributed by atoms with van der Waals surface area (Å²) in [6, 6.07) is 11.5. The Balaban J connectivity index is 1.56. The van der Waals surface area contributed by atoms with E-state index in [0.29, 0.717) is 36.8 Å². The average molecular weight is 443 g/mol. The highest BCUT2D eigenvalue weighted by molar-refractivity contribution is 5.97. The van der Waals surface area contributed by atoms with Gasteiger partial charge in [0, 0.05) is 17.5 Å². The second-order valence-electron chi connectivity index (χ2n) is 7.98. The van der Waals surface area contributed by atoms with E-state index < -0.39 is 0 Å². The maximum atomic E-state index is 13.3. The summed E-state index contributed by atoms with van der Waals surface area (Å²) in [5.41, 5.74) is 1.25. The summed E-state index contributed by atoms with van der Waals surface area (Å²) in [5.74, 6) is 0.177. The number of rotatable bonds is 10. The molecule has 0 heterocycles. The molecule has 0 atom stereocenters.